The molecule has 2 radical (unpaired) electrons. The quantitative estimate of drug-likeness (QED) is 0.303. The summed E-state index contributed by atoms with van der Waals surface area (Å²) < 4.78 is 3.31. The Morgan fingerprint density at radius 3 is 2.25 bits per heavy atom. The van der Waals surface area contributed by atoms with Crippen molar-refractivity contribution in [3.63, 3.8) is 0 Å². The van der Waals surface area contributed by atoms with Crippen LogP contribution in [-0.4, -0.2) is 7.98 Å². The van der Waals surface area contributed by atoms with Crippen molar-refractivity contribution >= 4 is 35.3 Å². The summed E-state index contributed by atoms with van der Waals surface area (Å²) in [4.78, 5) is 0. The lowest BCUT2D eigenvalue weighted by Gasteiger charge is -1.51. The van der Waals surface area contributed by atoms with Gasteiger partial charge >= 0.3 is 0 Å². The van der Waals surface area contributed by atoms with Gasteiger partial charge in [-0.15, -0.1) is 0 Å². The largest absolute Gasteiger partial charge is 0.333 e. The van der Waals surface area contributed by atoms with Gasteiger partial charge in [0.15, 0.2) is 0 Å². The number of halogens is 1. The fourth-order valence-electron chi connectivity index (χ4n) is 0. The van der Waals surface area contributed by atoms with Gasteiger partial charge in [0.05, 0.1) is 0 Å². The molecule has 0 aliphatic rings. The summed E-state index contributed by atoms with van der Waals surface area (Å²) in [5, 5.41) is 0. The summed E-state index contributed by atoms with van der Waals surface area (Å²) in [6.45, 7) is 2.47. The van der Waals surface area contributed by atoms with Gasteiger partial charge in [-0.25, -0.2) is 0 Å². The molecule has 0 aliphatic heterocycles. The van der Waals surface area contributed by atoms with E-state index in [1.807, 2.05) is 0 Å². The minimum Gasteiger partial charge on any atom is -0.333 e. The molecule has 0 saturated heterocycles. The third-order valence-electron chi connectivity index (χ3n) is 0.0563. The standard InChI is InChI=1S/BH2INP/c1-3-2-4/h4H2. The van der Waals surface area contributed by atoms with E-state index >= 15 is 0 Å². The molecule has 1 nitrogen and oxygen atoms in total. The normalized spacial score (nSPS) is 11.2. The van der Waals surface area contributed by atoms with E-state index in [4.69, 9.17) is 0 Å². The Kier molecular flexibility index (Phi) is 5.06. The van der Waals surface area contributed by atoms with Gasteiger partial charge in [0.1, 0.15) is 0 Å². The summed E-state index contributed by atoms with van der Waals surface area (Å²) in [5.41, 5.74) is 0. The first kappa shape index (κ1) is 5.02. The van der Waals surface area contributed by atoms with Crippen molar-refractivity contribution < 1.29 is 0 Å². The van der Waals surface area contributed by atoms with Crippen LogP contribution in [0.25, 0.3) is 0 Å². The monoisotopic (exact) mass is 185 g/mol. The molecule has 1 unspecified atom stereocenters. The van der Waals surface area contributed by atoms with Crippen LogP contribution in [0.5, 0.6) is 0 Å². The molecule has 0 aromatic rings. The highest BCUT2D eigenvalue weighted by Gasteiger charge is 1.35. The molecule has 0 N–H and O–H groups in total. The van der Waals surface area contributed by atoms with E-state index in [1.165, 1.54) is 0 Å². The molecule has 0 spiro atoms. The van der Waals surface area contributed by atoms with Crippen LogP contribution in [0.15, 0.2) is 3.06 Å². The summed E-state index contributed by atoms with van der Waals surface area (Å²) in [5.74, 6) is 0. The molecule has 0 rings (SSSR count). The first-order valence-corrected chi connectivity index (χ1v) is 5.78. The molecular weight excluding hydrogens is 183 g/mol. The van der Waals surface area contributed by atoms with Gasteiger partial charge in [-0.05, 0) is 20.5 Å². The molecule has 0 saturated carbocycles. The van der Waals surface area contributed by atoms with E-state index in [0.29, 0.717) is 0 Å². The SMILES string of the molecule is [B]N=IP. The van der Waals surface area contributed by atoms with Crippen LogP contribution in [-0.2, 0) is 0 Å². The van der Waals surface area contributed by atoms with Crippen LogP contribution >= 0.6 is 27.4 Å². The molecule has 1 atom stereocenters. The average Bonchev–Trinajstić information content (AvgIpc) is 1.37. The van der Waals surface area contributed by atoms with Crippen LogP contribution in [0, 0.1) is 0 Å². The summed E-state index contributed by atoms with van der Waals surface area (Å²) >= 11 is -0.0700. The lowest BCUT2D eigenvalue weighted by atomic mass is 10.5. The summed E-state index contributed by atoms with van der Waals surface area (Å²) in [6, 6.07) is 0. The fraction of sp³-hybridized carbons (Fsp3) is 0. The molecule has 0 aliphatic carbocycles. The van der Waals surface area contributed by atoms with Crippen LogP contribution in [0.3, 0.4) is 0 Å². The van der Waals surface area contributed by atoms with Crippen molar-refractivity contribution in [1.82, 2.24) is 0 Å². The molecular formula is H2BINP. The Bertz CT molecular complexity index is 23.2. The second kappa shape index (κ2) is 4.02. The van der Waals surface area contributed by atoms with Crippen molar-refractivity contribution in [2.24, 2.45) is 3.06 Å². The smallest absolute Gasteiger partial charge is 0.268 e. The highest BCUT2D eigenvalue weighted by Crippen LogP contribution is 2.06. The van der Waals surface area contributed by atoms with Crippen LogP contribution < -0.4 is 0 Å². The van der Waals surface area contributed by atoms with Crippen LogP contribution in [0.2, 0.25) is 0 Å². The minimum absolute atomic E-state index is 0.0700. The van der Waals surface area contributed by atoms with Crippen molar-refractivity contribution in [3.8, 4) is 0 Å². The lowest BCUT2D eigenvalue weighted by molar-refractivity contribution is 2.11. The van der Waals surface area contributed by atoms with Crippen LogP contribution in [0.1, 0.15) is 0 Å². The Labute approximate surface area is 38.7 Å². The fourth-order valence-corrected chi connectivity index (χ4v) is 0. The average molecular weight is 185 g/mol. The second-order valence-electron chi connectivity index (χ2n) is 0.195. The maximum Gasteiger partial charge on any atom is 0.268 e. The maximum atomic E-state index is 4.68. The number of hydrogen-bond acceptors (Lipinski definition) is 1. The number of hydrogen-bond donors (Lipinski definition) is 0. The second-order valence-corrected chi connectivity index (χ2v) is 2.62. The Hall–Kier alpha value is 1.02. The Balaban J connectivity index is 2.55. The topological polar surface area (TPSA) is 12.4 Å². The van der Waals surface area contributed by atoms with E-state index in [0.717, 1.165) is 0 Å². The number of rotatable bonds is 0. The zero-order valence-electron chi connectivity index (χ0n) is 1.98. The van der Waals surface area contributed by atoms with Gasteiger partial charge in [-0.2, -0.15) is 0 Å². The molecule has 0 aromatic carbocycles. The summed E-state index contributed by atoms with van der Waals surface area (Å²) in [7, 11) is 4.68. The van der Waals surface area contributed by atoms with Crippen molar-refractivity contribution in [3.05, 3.63) is 0 Å². The highest BCUT2D eigenvalue weighted by atomic mass is 127. The predicted octanol–water partition coefficient (Wildman–Crippen LogP) is 1.01. The van der Waals surface area contributed by atoms with E-state index in [9.17, 15) is 0 Å². The lowest BCUT2D eigenvalue weighted by Crippen LogP contribution is -1.26. The van der Waals surface area contributed by atoms with Gasteiger partial charge in [0.2, 0.25) is 0 Å². The molecule has 0 fully saturated rings. The molecule has 4 heteroatoms. The van der Waals surface area contributed by atoms with Gasteiger partial charge in [-0.1, -0.05) is 6.88 Å². The Morgan fingerprint density at radius 1 is 2.00 bits per heavy atom. The molecule has 0 amide bonds. The molecule has 4 heavy (non-hydrogen) atoms. The van der Waals surface area contributed by atoms with Crippen molar-refractivity contribution in [1.29, 1.82) is 0 Å². The number of nitrogens with zero attached hydrogens (tertiary/aromatic N) is 1. The zero-order valence-corrected chi connectivity index (χ0v) is 5.29. The van der Waals surface area contributed by atoms with Gasteiger partial charge in [-0.3, -0.25) is 0 Å². The van der Waals surface area contributed by atoms with E-state index in [-0.39, 0.29) is 20.5 Å². The summed E-state index contributed by atoms with van der Waals surface area (Å²) in [6.07, 6.45) is 0. The first-order chi connectivity index (χ1) is 1.91. The maximum absolute atomic E-state index is 4.68. The van der Waals surface area contributed by atoms with Gasteiger partial charge in [0.25, 0.3) is 7.98 Å². The minimum atomic E-state index is -0.0700. The zero-order chi connectivity index (χ0) is 3.41. The third kappa shape index (κ3) is 3.02. The molecule has 0 bridgehead atoms. The van der Waals surface area contributed by atoms with E-state index in [2.05, 4.69) is 17.9 Å². The van der Waals surface area contributed by atoms with E-state index < -0.39 is 0 Å². The molecule has 0 aromatic heterocycles. The molecule has 22 valence electrons. The third-order valence-corrected chi connectivity index (χ3v) is 1.13. The molecule has 0 heterocycles. The van der Waals surface area contributed by atoms with Gasteiger partial charge < -0.3 is 3.06 Å². The van der Waals surface area contributed by atoms with E-state index in [1.54, 1.807) is 0 Å². The van der Waals surface area contributed by atoms with Gasteiger partial charge in [0, 0.05) is 0 Å². The van der Waals surface area contributed by atoms with Crippen LogP contribution in [0.4, 0.5) is 0 Å². The first-order valence-electron chi connectivity index (χ1n) is 0.645. The predicted molar refractivity (Wildman–Crippen MR) is 31.9 cm³/mol. The Morgan fingerprint density at radius 2 is 2.25 bits per heavy atom. The van der Waals surface area contributed by atoms with Crippen molar-refractivity contribution in [2.45, 2.75) is 0 Å². The van der Waals surface area contributed by atoms with Crippen molar-refractivity contribution in [2.75, 3.05) is 0 Å². The highest BCUT2D eigenvalue weighted by molar-refractivity contribution is 14.2.